The number of aryl methyl sites for hydroxylation is 1. The van der Waals surface area contributed by atoms with Gasteiger partial charge in [-0.15, -0.1) is 5.10 Å². The first kappa shape index (κ1) is 17.2. The molecule has 1 aromatic heterocycles. The highest BCUT2D eigenvalue weighted by Gasteiger charge is 2.15. The molecule has 2 aromatic rings. The smallest absolute Gasteiger partial charge is 0.342 e. The molecule has 122 valence electrons. The zero-order chi connectivity index (χ0) is 17.0. The highest BCUT2D eigenvalue weighted by molar-refractivity contribution is 8.04. The van der Waals surface area contributed by atoms with Crippen LogP contribution in [0.25, 0.3) is 6.08 Å². The number of nitrogens with zero attached hydrogens (tertiary/aromatic N) is 2. The van der Waals surface area contributed by atoms with Gasteiger partial charge >= 0.3 is 5.97 Å². The molecule has 0 aliphatic heterocycles. The van der Waals surface area contributed by atoms with Crippen LogP contribution >= 0.6 is 23.4 Å². The van der Waals surface area contributed by atoms with Crippen LogP contribution in [0.1, 0.15) is 11.4 Å². The third-order valence-electron chi connectivity index (χ3n) is 2.74. The zero-order valence-corrected chi connectivity index (χ0v) is 14.2. The first-order chi connectivity index (χ1) is 10.9. The Hall–Kier alpha value is -2.19. The molecule has 7 nitrogen and oxygen atoms in total. The molecular formula is C14H14ClN3O4S. The lowest BCUT2D eigenvalue weighted by molar-refractivity contribution is -0.131. The number of H-pyrrole nitrogens is 1. The lowest BCUT2D eigenvalue weighted by Crippen LogP contribution is -1.98. The van der Waals surface area contributed by atoms with Gasteiger partial charge < -0.3 is 14.6 Å². The SMILES string of the molecule is COc1cc(/C=C(\Sc2n[nH]c(C)n2)C(=O)O)cc(Cl)c1OC. The molecule has 1 heterocycles. The Labute approximate surface area is 141 Å². The van der Waals surface area contributed by atoms with Crippen molar-refractivity contribution in [3.8, 4) is 11.5 Å². The number of rotatable bonds is 6. The molecule has 23 heavy (non-hydrogen) atoms. The summed E-state index contributed by atoms with van der Waals surface area (Å²) in [5.41, 5.74) is 0.560. The number of hydrogen-bond acceptors (Lipinski definition) is 6. The van der Waals surface area contributed by atoms with E-state index in [0.717, 1.165) is 11.8 Å². The second-order valence-corrected chi connectivity index (χ2v) is 5.77. The fourth-order valence-corrected chi connectivity index (χ4v) is 2.82. The van der Waals surface area contributed by atoms with Crippen molar-refractivity contribution < 1.29 is 19.4 Å². The Morgan fingerprint density at radius 2 is 2.13 bits per heavy atom. The van der Waals surface area contributed by atoms with Gasteiger partial charge in [-0.05, 0) is 42.5 Å². The van der Waals surface area contributed by atoms with E-state index in [0.29, 0.717) is 33.1 Å². The van der Waals surface area contributed by atoms with Gasteiger partial charge in [0.15, 0.2) is 11.5 Å². The van der Waals surface area contributed by atoms with E-state index >= 15 is 0 Å². The maximum absolute atomic E-state index is 11.4. The molecule has 0 aliphatic carbocycles. The molecule has 0 amide bonds. The normalized spacial score (nSPS) is 11.4. The number of carbonyl (C=O) groups is 1. The largest absolute Gasteiger partial charge is 0.493 e. The molecule has 2 rings (SSSR count). The lowest BCUT2D eigenvalue weighted by Gasteiger charge is -2.10. The van der Waals surface area contributed by atoms with Gasteiger partial charge in [-0.3, -0.25) is 5.10 Å². The number of thioether (sulfide) groups is 1. The molecule has 0 aliphatic rings. The number of hydrogen-bond donors (Lipinski definition) is 2. The van der Waals surface area contributed by atoms with Gasteiger partial charge in [-0.1, -0.05) is 11.6 Å². The number of nitrogens with one attached hydrogen (secondary N) is 1. The molecule has 0 saturated heterocycles. The summed E-state index contributed by atoms with van der Waals surface area (Å²) in [6, 6.07) is 3.23. The third-order valence-corrected chi connectivity index (χ3v) is 3.90. The van der Waals surface area contributed by atoms with E-state index in [2.05, 4.69) is 15.2 Å². The van der Waals surface area contributed by atoms with Gasteiger partial charge in [-0.25, -0.2) is 9.78 Å². The van der Waals surface area contributed by atoms with E-state index < -0.39 is 5.97 Å². The molecule has 9 heteroatoms. The van der Waals surface area contributed by atoms with Crippen LogP contribution in [0, 0.1) is 6.92 Å². The van der Waals surface area contributed by atoms with E-state index in [1.165, 1.54) is 20.3 Å². The Kier molecular flexibility index (Phi) is 5.51. The van der Waals surface area contributed by atoms with Gasteiger partial charge in [0.1, 0.15) is 10.7 Å². The minimum absolute atomic E-state index is 0.0484. The van der Waals surface area contributed by atoms with E-state index in [-0.39, 0.29) is 4.91 Å². The maximum atomic E-state index is 11.4. The van der Waals surface area contributed by atoms with Crippen molar-refractivity contribution >= 4 is 35.4 Å². The molecule has 0 radical (unpaired) electrons. The number of aromatic nitrogens is 3. The Morgan fingerprint density at radius 1 is 1.39 bits per heavy atom. The minimum atomic E-state index is -1.09. The van der Waals surface area contributed by atoms with Crippen molar-refractivity contribution in [2.24, 2.45) is 0 Å². The van der Waals surface area contributed by atoms with Crippen molar-refractivity contribution in [1.29, 1.82) is 0 Å². The van der Waals surface area contributed by atoms with Gasteiger partial charge in [0.2, 0.25) is 5.16 Å². The molecular weight excluding hydrogens is 342 g/mol. The molecule has 0 fully saturated rings. The van der Waals surface area contributed by atoms with E-state index in [9.17, 15) is 9.90 Å². The maximum Gasteiger partial charge on any atom is 0.342 e. The number of halogens is 1. The predicted molar refractivity (Wildman–Crippen MR) is 87.1 cm³/mol. The minimum Gasteiger partial charge on any atom is -0.493 e. The molecule has 0 spiro atoms. The zero-order valence-electron chi connectivity index (χ0n) is 12.6. The van der Waals surface area contributed by atoms with Crippen molar-refractivity contribution in [1.82, 2.24) is 15.2 Å². The highest BCUT2D eigenvalue weighted by atomic mass is 35.5. The predicted octanol–water partition coefficient (Wildman–Crippen LogP) is 3.00. The van der Waals surface area contributed by atoms with Crippen LogP contribution < -0.4 is 9.47 Å². The number of ether oxygens (including phenoxy) is 2. The van der Waals surface area contributed by atoms with Crippen LogP contribution in [0.2, 0.25) is 5.02 Å². The molecule has 1 aromatic carbocycles. The van der Waals surface area contributed by atoms with Crippen LogP contribution in [0.4, 0.5) is 0 Å². The number of carboxylic acid groups (broad SMARTS) is 1. The monoisotopic (exact) mass is 355 g/mol. The van der Waals surface area contributed by atoms with E-state index in [4.69, 9.17) is 21.1 Å². The second-order valence-electron chi connectivity index (χ2n) is 4.36. The van der Waals surface area contributed by atoms with Gasteiger partial charge in [0.25, 0.3) is 0 Å². The molecule has 2 N–H and O–H groups in total. The number of benzene rings is 1. The molecule has 0 atom stereocenters. The first-order valence-electron chi connectivity index (χ1n) is 6.38. The lowest BCUT2D eigenvalue weighted by atomic mass is 10.2. The summed E-state index contributed by atoms with van der Waals surface area (Å²) in [5.74, 6) is 0.310. The van der Waals surface area contributed by atoms with Crippen LogP contribution in [-0.2, 0) is 4.79 Å². The molecule has 0 bridgehead atoms. The average molecular weight is 356 g/mol. The van der Waals surface area contributed by atoms with Crippen molar-refractivity contribution in [3.63, 3.8) is 0 Å². The Bertz CT molecular complexity index is 760. The quantitative estimate of drug-likeness (QED) is 0.607. The standard InChI is InChI=1S/C14H14ClN3O4S/c1-7-16-14(18-17-7)23-11(13(19)20)6-8-4-9(15)12(22-3)10(5-8)21-2/h4-6H,1-3H3,(H,19,20)(H,16,17,18)/b11-6-. The summed E-state index contributed by atoms with van der Waals surface area (Å²) < 4.78 is 10.3. The summed E-state index contributed by atoms with van der Waals surface area (Å²) in [6.07, 6.45) is 1.46. The molecule has 0 saturated carbocycles. The second kappa shape index (κ2) is 7.38. The van der Waals surface area contributed by atoms with Gasteiger partial charge in [0.05, 0.1) is 19.2 Å². The van der Waals surface area contributed by atoms with E-state index in [1.807, 2.05) is 0 Å². The summed E-state index contributed by atoms with van der Waals surface area (Å²) in [7, 11) is 2.95. The summed E-state index contributed by atoms with van der Waals surface area (Å²) in [4.78, 5) is 15.6. The van der Waals surface area contributed by atoms with Crippen LogP contribution in [0.3, 0.4) is 0 Å². The first-order valence-corrected chi connectivity index (χ1v) is 7.57. The van der Waals surface area contributed by atoms with Crippen molar-refractivity contribution in [2.75, 3.05) is 14.2 Å². The van der Waals surface area contributed by atoms with Gasteiger partial charge in [-0.2, -0.15) is 0 Å². The van der Waals surface area contributed by atoms with Crippen LogP contribution in [-0.4, -0.2) is 40.5 Å². The summed E-state index contributed by atoms with van der Waals surface area (Å²) in [5, 5.41) is 16.6. The fourth-order valence-electron chi connectivity index (χ4n) is 1.77. The van der Waals surface area contributed by atoms with E-state index in [1.54, 1.807) is 19.1 Å². The summed E-state index contributed by atoms with van der Waals surface area (Å²) in [6.45, 7) is 1.73. The van der Waals surface area contributed by atoms with Gasteiger partial charge in [0, 0.05) is 0 Å². The number of carboxylic acids is 1. The number of methoxy groups -OCH3 is 2. The van der Waals surface area contributed by atoms with Crippen LogP contribution in [0.15, 0.2) is 22.2 Å². The fraction of sp³-hybridized carbons (Fsp3) is 0.214. The number of aromatic amines is 1. The Balaban J connectivity index is 2.39. The van der Waals surface area contributed by atoms with Crippen LogP contribution in [0.5, 0.6) is 11.5 Å². The molecule has 0 unspecified atom stereocenters. The Morgan fingerprint density at radius 3 is 2.65 bits per heavy atom. The van der Waals surface area contributed by atoms with Crippen molar-refractivity contribution in [3.05, 3.63) is 33.4 Å². The van der Waals surface area contributed by atoms with Crippen molar-refractivity contribution in [2.45, 2.75) is 12.1 Å². The average Bonchev–Trinajstić information content (AvgIpc) is 2.91. The number of aliphatic carboxylic acids is 1. The third kappa shape index (κ3) is 4.17. The summed E-state index contributed by atoms with van der Waals surface area (Å²) >= 11 is 7.06. The topological polar surface area (TPSA) is 97.3 Å². The highest BCUT2D eigenvalue weighted by Crippen LogP contribution is 2.37.